The zero-order valence-electron chi connectivity index (χ0n) is 18.4. The van der Waals surface area contributed by atoms with E-state index in [1.165, 1.54) is 6.33 Å². The Hall–Kier alpha value is -3.49. The maximum absolute atomic E-state index is 12.9. The molecular weight excluding hydrogens is 406 g/mol. The van der Waals surface area contributed by atoms with Gasteiger partial charge < -0.3 is 20.1 Å². The predicted molar refractivity (Wildman–Crippen MR) is 122 cm³/mol. The quantitative estimate of drug-likeness (QED) is 0.599. The van der Waals surface area contributed by atoms with Crippen LogP contribution in [0.1, 0.15) is 48.8 Å². The van der Waals surface area contributed by atoms with Gasteiger partial charge in [-0.05, 0) is 30.9 Å². The molecule has 0 saturated carbocycles. The van der Waals surface area contributed by atoms with Gasteiger partial charge in [-0.25, -0.2) is 15.0 Å². The number of aryl methyl sites for hydroxylation is 1. The molecule has 1 aromatic carbocycles. The number of amides is 2. The summed E-state index contributed by atoms with van der Waals surface area (Å²) < 4.78 is 1.72. The van der Waals surface area contributed by atoms with Crippen molar-refractivity contribution in [3.8, 4) is 0 Å². The maximum atomic E-state index is 12.9. The SMILES string of the molecule is CCCCNC(=O)c1nc2c(N3CCC4(CC3)C(=O)Nc3ccccc34)ncnc2n1C. The van der Waals surface area contributed by atoms with Crippen LogP contribution in [0.2, 0.25) is 0 Å². The third kappa shape index (κ3) is 3.11. The summed E-state index contributed by atoms with van der Waals surface area (Å²) in [6.45, 7) is 4.04. The van der Waals surface area contributed by atoms with Crippen molar-refractivity contribution in [3.63, 3.8) is 0 Å². The van der Waals surface area contributed by atoms with Gasteiger partial charge in [-0.3, -0.25) is 9.59 Å². The number of nitrogens with zero attached hydrogens (tertiary/aromatic N) is 5. The van der Waals surface area contributed by atoms with Crippen LogP contribution in [-0.2, 0) is 17.3 Å². The van der Waals surface area contributed by atoms with Gasteiger partial charge in [0.05, 0.1) is 5.41 Å². The van der Waals surface area contributed by atoms with Gasteiger partial charge in [0.25, 0.3) is 5.91 Å². The second-order valence-electron chi connectivity index (χ2n) is 8.54. The monoisotopic (exact) mass is 433 g/mol. The maximum Gasteiger partial charge on any atom is 0.287 e. The van der Waals surface area contributed by atoms with E-state index in [1.807, 2.05) is 24.3 Å². The lowest BCUT2D eigenvalue weighted by molar-refractivity contribution is -0.121. The molecule has 0 unspecified atom stereocenters. The Morgan fingerprint density at radius 1 is 1.22 bits per heavy atom. The summed E-state index contributed by atoms with van der Waals surface area (Å²) in [7, 11) is 1.80. The van der Waals surface area contributed by atoms with E-state index in [9.17, 15) is 9.59 Å². The average Bonchev–Trinajstić information content (AvgIpc) is 3.29. The van der Waals surface area contributed by atoms with Crippen LogP contribution >= 0.6 is 0 Å². The minimum Gasteiger partial charge on any atom is -0.355 e. The van der Waals surface area contributed by atoms with Gasteiger partial charge in [-0.2, -0.15) is 0 Å². The molecule has 166 valence electrons. The van der Waals surface area contributed by atoms with Crippen molar-refractivity contribution in [1.82, 2.24) is 24.8 Å². The molecule has 5 rings (SSSR count). The van der Waals surface area contributed by atoms with Gasteiger partial charge in [0, 0.05) is 32.4 Å². The average molecular weight is 434 g/mol. The molecule has 0 atom stereocenters. The number of imidazole rings is 1. The second-order valence-corrected chi connectivity index (χ2v) is 8.54. The molecule has 1 saturated heterocycles. The van der Waals surface area contributed by atoms with E-state index < -0.39 is 5.41 Å². The Labute approximate surface area is 186 Å². The normalized spacial score (nSPS) is 16.9. The molecule has 0 aliphatic carbocycles. The van der Waals surface area contributed by atoms with Gasteiger partial charge in [0.15, 0.2) is 17.0 Å². The highest BCUT2D eigenvalue weighted by Gasteiger charge is 2.48. The van der Waals surface area contributed by atoms with E-state index in [1.54, 1.807) is 11.6 Å². The Morgan fingerprint density at radius 3 is 2.78 bits per heavy atom. The first-order valence-electron chi connectivity index (χ1n) is 11.2. The Kier molecular flexibility index (Phi) is 5.03. The molecule has 0 bridgehead atoms. The summed E-state index contributed by atoms with van der Waals surface area (Å²) >= 11 is 0. The first-order valence-corrected chi connectivity index (χ1v) is 11.2. The molecule has 2 aliphatic heterocycles. The van der Waals surface area contributed by atoms with E-state index in [2.05, 4.69) is 37.4 Å². The minimum absolute atomic E-state index is 0.0788. The predicted octanol–water partition coefficient (Wildman–Crippen LogP) is 2.38. The fourth-order valence-electron chi connectivity index (χ4n) is 4.85. The lowest BCUT2D eigenvalue weighted by Gasteiger charge is -2.38. The number of aromatic nitrogens is 4. The van der Waals surface area contributed by atoms with E-state index in [4.69, 9.17) is 0 Å². The Balaban J connectivity index is 1.41. The summed E-state index contributed by atoms with van der Waals surface area (Å²) in [5, 5.41) is 5.96. The second kappa shape index (κ2) is 7.89. The van der Waals surface area contributed by atoms with Crippen molar-refractivity contribution in [2.75, 3.05) is 29.9 Å². The molecule has 0 radical (unpaired) electrons. The van der Waals surface area contributed by atoms with Gasteiger partial charge >= 0.3 is 0 Å². The number of carbonyl (C=O) groups excluding carboxylic acids is 2. The smallest absolute Gasteiger partial charge is 0.287 e. The van der Waals surface area contributed by atoms with Crippen molar-refractivity contribution in [3.05, 3.63) is 42.0 Å². The Bertz CT molecular complexity index is 1190. The van der Waals surface area contributed by atoms with Gasteiger partial charge in [-0.15, -0.1) is 0 Å². The van der Waals surface area contributed by atoms with Crippen molar-refractivity contribution < 1.29 is 9.59 Å². The number of piperidine rings is 1. The molecule has 2 amide bonds. The van der Waals surface area contributed by atoms with Crippen LogP contribution in [0.3, 0.4) is 0 Å². The summed E-state index contributed by atoms with van der Waals surface area (Å²) in [6, 6.07) is 7.95. The van der Waals surface area contributed by atoms with E-state index >= 15 is 0 Å². The Morgan fingerprint density at radius 2 is 2.00 bits per heavy atom. The van der Waals surface area contributed by atoms with E-state index in [0.29, 0.717) is 55.3 Å². The molecule has 3 aromatic rings. The van der Waals surface area contributed by atoms with Crippen LogP contribution in [0.25, 0.3) is 11.2 Å². The number of anilines is 2. The van der Waals surface area contributed by atoms with Crippen molar-refractivity contribution in [2.24, 2.45) is 7.05 Å². The highest BCUT2D eigenvalue weighted by Crippen LogP contribution is 2.45. The molecular formula is C23H27N7O2. The van der Waals surface area contributed by atoms with Crippen molar-refractivity contribution in [1.29, 1.82) is 0 Å². The fraction of sp³-hybridized carbons (Fsp3) is 0.435. The van der Waals surface area contributed by atoms with Gasteiger partial charge in [0.2, 0.25) is 11.7 Å². The first kappa shape index (κ1) is 20.4. The highest BCUT2D eigenvalue weighted by molar-refractivity contribution is 6.06. The van der Waals surface area contributed by atoms with E-state index in [0.717, 1.165) is 24.1 Å². The van der Waals surface area contributed by atoms with E-state index in [-0.39, 0.29) is 11.8 Å². The molecule has 9 heteroatoms. The fourth-order valence-corrected chi connectivity index (χ4v) is 4.85. The topological polar surface area (TPSA) is 105 Å². The molecule has 9 nitrogen and oxygen atoms in total. The van der Waals surface area contributed by atoms with Crippen LogP contribution in [0, 0.1) is 0 Å². The molecule has 1 fully saturated rings. The third-order valence-electron chi connectivity index (χ3n) is 6.70. The third-order valence-corrected chi connectivity index (χ3v) is 6.70. The number of para-hydroxylation sites is 1. The molecule has 2 aliphatic rings. The number of nitrogens with one attached hydrogen (secondary N) is 2. The first-order chi connectivity index (χ1) is 15.5. The summed E-state index contributed by atoms with van der Waals surface area (Å²) in [5.41, 5.74) is 2.75. The number of unbranched alkanes of at least 4 members (excludes halogenated alkanes) is 1. The number of benzene rings is 1. The summed E-state index contributed by atoms with van der Waals surface area (Å²) in [6.07, 6.45) is 4.83. The number of rotatable bonds is 5. The van der Waals surface area contributed by atoms with Crippen LogP contribution in [-0.4, -0.2) is 51.0 Å². The molecule has 32 heavy (non-hydrogen) atoms. The van der Waals surface area contributed by atoms with Crippen LogP contribution in [0.5, 0.6) is 0 Å². The van der Waals surface area contributed by atoms with Crippen molar-refractivity contribution >= 4 is 34.5 Å². The number of hydrogen-bond donors (Lipinski definition) is 2. The largest absolute Gasteiger partial charge is 0.355 e. The van der Waals surface area contributed by atoms with Crippen molar-refractivity contribution in [2.45, 2.75) is 38.0 Å². The zero-order chi connectivity index (χ0) is 22.3. The molecule has 2 aromatic heterocycles. The van der Waals surface area contributed by atoms with Crippen LogP contribution in [0.15, 0.2) is 30.6 Å². The lowest BCUT2D eigenvalue weighted by Crippen LogP contribution is -2.46. The number of carbonyl (C=O) groups is 2. The molecule has 2 N–H and O–H groups in total. The minimum atomic E-state index is -0.492. The van der Waals surface area contributed by atoms with Gasteiger partial charge in [-0.1, -0.05) is 31.5 Å². The lowest BCUT2D eigenvalue weighted by atomic mass is 9.73. The number of hydrogen-bond acceptors (Lipinski definition) is 6. The van der Waals surface area contributed by atoms with Crippen LogP contribution in [0.4, 0.5) is 11.5 Å². The molecule has 4 heterocycles. The standard InChI is InChI=1S/C23H27N7O2/c1-3-4-11-24-21(31)20-28-17-18(29(20)2)25-14-26-19(17)30-12-9-23(10-13-30)15-7-5-6-8-16(15)27-22(23)32/h5-8,14H,3-4,9-13H2,1-2H3,(H,24,31)(H,27,32). The molecule has 1 spiro atoms. The van der Waals surface area contributed by atoms with Crippen LogP contribution < -0.4 is 15.5 Å². The summed E-state index contributed by atoms with van der Waals surface area (Å²) in [4.78, 5) is 41.1. The summed E-state index contributed by atoms with van der Waals surface area (Å²) in [5.74, 6) is 0.909. The zero-order valence-corrected chi connectivity index (χ0v) is 18.4. The van der Waals surface area contributed by atoms with Gasteiger partial charge in [0.1, 0.15) is 6.33 Å². The highest BCUT2D eigenvalue weighted by atomic mass is 16.2. The number of fused-ring (bicyclic) bond motifs is 3.